The molecule has 44 heavy (non-hydrogen) atoms. The number of nitrogen functional groups attached to an aromatic ring is 1. The zero-order chi connectivity index (χ0) is 32.3. The van der Waals surface area contributed by atoms with Crippen molar-refractivity contribution >= 4 is 29.1 Å². The van der Waals surface area contributed by atoms with Crippen molar-refractivity contribution in [3.05, 3.63) is 16.7 Å². The van der Waals surface area contributed by atoms with Gasteiger partial charge in [-0.1, -0.05) is 111 Å². The molecule has 11 heteroatoms. The van der Waals surface area contributed by atoms with E-state index < -0.39 is 17.6 Å². The van der Waals surface area contributed by atoms with E-state index >= 15 is 0 Å². The summed E-state index contributed by atoms with van der Waals surface area (Å²) < 4.78 is 12.8. The predicted molar refractivity (Wildman–Crippen MR) is 175 cm³/mol. The first kappa shape index (κ1) is 37.2. The van der Waals surface area contributed by atoms with E-state index in [4.69, 9.17) is 20.9 Å². The molecule has 0 bridgehead atoms. The highest BCUT2D eigenvalue weighted by Crippen LogP contribution is 2.18. The van der Waals surface area contributed by atoms with Crippen LogP contribution >= 0.6 is 0 Å². The van der Waals surface area contributed by atoms with Crippen LogP contribution in [-0.4, -0.2) is 50.7 Å². The molecule has 11 nitrogen and oxygen atoms in total. The Labute approximate surface area is 263 Å². The molecule has 0 aromatic carbocycles. The SMILES string of the molecule is CCCCCCCCCCCCCCCC(C)C(=O)OC[C@H](CCOC(=O)[C@@H](N)C(C)C)Cn1cnc2c(=O)[nH]c(N)nc21. The molecule has 250 valence electrons. The van der Waals surface area contributed by atoms with E-state index in [-0.39, 0.29) is 48.4 Å². The Morgan fingerprint density at radius 1 is 0.886 bits per heavy atom. The number of hydrogen-bond acceptors (Lipinski definition) is 9. The van der Waals surface area contributed by atoms with Crippen molar-refractivity contribution in [1.82, 2.24) is 19.5 Å². The summed E-state index contributed by atoms with van der Waals surface area (Å²) in [6, 6.07) is -0.700. The second kappa shape index (κ2) is 20.9. The van der Waals surface area contributed by atoms with Crippen LogP contribution in [0.5, 0.6) is 0 Å². The number of ether oxygens (including phenoxy) is 2. The second-order valence-electron chi connectivity index (χ2n) is 12.7. The summed E-state index contributed by atoms with van der Waals surface area (Å²) in [5.74, 6) is -1.16. The van der Waals surface area contributed by atoms with Gasteiger partial charge in [-0.3, -0.25) is 19.4 Å². The van der Waals surface area contributed by atoms with Crippen LogP contribution in [0.2, 0.25) is 0 Å². The lowest BCUT2D eigenvalue weighted by atomic mass is 10.0. The number of nitrogens with zero attached hydrogens (tertiary/aromatic N) is 3. The summed E-state index contributed by atoms with van der Waals surface area (Å²) in [5, 5.41) is 0. The summed E-state index contributed by atoms with van der Waals surface area (Å²) in [4.78, 5) is 48.1. The molecule has 2 rings (SSSR count). The highest BCUT2D eigenvalue weighted by molar-refractivity contribution is 5.75. The molecule has 3 atom stereocenters. The average Bonchev–Trinajstić information content (AvgIpc) is 3.39. The number of aromatic amines is 1. The van der Waals surface area contributed by atoms with E-state index in [0.29, 0.717) is 18.6 Å². The first-order valence-corrected chi connectivity index (χ1v) is 16.9. The van der Waals surface area contributed by atoms with Gasteiger partial charge in [-0.15, -0.1) is 0 Å². The summed E-state index contributed by atoms with van der Waals surface area (Å²) in [6.07, 6.45) is 19.5. The molecule has 5 N–H and O–H groups in total. The minimum Gasteiger partial charge on any atom is -0.465 e. The molecule has 2 heterocycles. The molecule has 2 aromatic heterocycles. The number of rotatable bonds is 24. The number of nitrogens with one attached hydrogen (secondary N) is 1. The molecule has 0 aliphatic rings. The topological polar surface area (TPSA) is 168 Å². The Morgan fingerprint density at radius 2 is 1.48 bits per heavy atom. The first-order chi connectivity index (χ1) is 21.1. The fraction of sp³-hybridized carbons (Fsp3) is 0.788. The molecule has 1 unspecified atom stereocenters. The quantitative estimate of drug-likeness (QED) is 0.0958. The third kappa shape index (κ3) is 13.8. The number of H-pyrrole nitrogens is 1. The van der Waals surface area contributed by atoms with Gasteiger partial charge in [-0.2, -0.15) is 4.98 Å². The van der Waals surface area contributed by atoms with E-state index in [1.54, 1.807) is 4.57 Å². The Balaban J connectivity index is 1.77. The maximum atomic E-state index is 12.8. The van der Waals surface area contributed by atoms with Crippen LogP contribution in [0.4, 0.5) is 5.95 Å². The van der Waals surface area contributed by atoms with E-state index in [1.807, 2.05) is 20.8 Å². The van der Waals surface area contributed by atoms with Gasteiger partial charge < -0.3 is 25.5 Å². The number of esters is 2. The van der Waals surface area contributed by atoms with Crippen molar-refractivity contribution in [2.75, 3.05) is 18.9 Å². The second-order valence-corrected chi connectivity index (χ2v) is 12.7. The third-order valence-electron chi connectivity index (χ3n) is 8.31. The van der Waals surface area contributed by atoms with Gasteiger partial charge >= 0.3 is 11.9 Å². The average molecular weight is 619 g/mol. The van der Waals surface area contributed by atoms with E-state index in [0.717, 1.165) is 19.3 Å². The number of hydrogen-bond donors (Lipinski definition) is 3. The van der Waals surface area contributed by atoms with Crippen LogP contribution in [-0.2, 0) is 25.6 Å². The summed E-state index contributed by atoms with van der Waals surface area (Å²) >= 11 is 0. The molecule has 0 spiro atoms. The zero-order valence-corrected chi connectivity index (χ0v) is 27.7. The highest BCUT2D eigenvalue weighted by Gasteiger charge is 2.22. The summed E-state index contributed by atoms with van der Waals surface area (Å²) in [5.41, 5.74) is 11.7. The minimum absolute atomic E-state index is 0.00850. The van der Waals surface area contributed by atoms with Gasteiger partial charge in [0.05, 0.1) is 25.5 Å². The number of fused-ring (bicyclic) bond motifs is 1. The Kier molecular flexibility index (Phi) is 17.7. The smallest absolute Gasteiger partial charge is 0.323 e. The first-order valence-electron chi connectivity index (χ1n) is 16.9. The van der Waals surface area contributed by atoms with Gasteiger partial charge in [-0.05, 0) is 18.8 Å². The van der Waals surface area contributed by atoms with E-state index in [9.17, 15) is 14.4 Å². The normalized spacial score (nSPS) is 13.7. The van der Waals surface area contributed by atoms with Crippen LogP contribution in [0, 0.1) is 17.8 Å². The molecular weight excluding hydrogens is 560 g/mol. The van der Waals surface area contributed by atoms with Crippen molar-refractivity contribution in [2.24, 2.45) is 23.5 Å². The summed E-state index contributed by atoms with van der Waals surface area (Å²) in [7, 11) is 0. The molecule has 2 aromatic rings. The van der Waals surface area contributed by atoms with Gasteiger partial charge in [0.25, 0.3) is 5.56 Å². The van der Waals surface area contributed by atoms with Gasteiger partial charge in [0, 0.05) is 12.5 Å². The van der Waals surface area contributed by atoms with Gasteiger partial charge in [0.2, 0.25) is 5.95 Å². The lowest BCUT2D eigenvalue weighted by Crippen LogP contribution is -2.37. The maximum Gasteiger partial charge on any atom is 0.323 e. The highest BCUT2D eigenvalue weighted by atomic mass is 16.5. The van der Waals surface area contributed by atoms with Crippen LogP contribution < -0.4 is 17.0 Å². The van der Waals surface area contributed by atoms with Crippen molar-refractivity contribution in [3.8, 4) is 0 Å². The minimum atomic E-state index is -0.700. The zero-order valence-electron chi connectivity index (χ0n) is 27.7. The van der Waals surface area contributed by atoms with Crippen molar-refractivity contribution < 1.29 is 19.1 Å². The molecule has 0 amide bonds. The molecular formula is C33H58N6O5. The number of unbranched alkanes of at least 4 members (excludes halogenated alkanes) is 12. The number of anilines is 1. The Bertz CT molecular complexity index is 1160. The monoisotopic (exact) mass is 618 g/mol. The number of aromatic nitrogens is 4. The van der Waals surface area contributed by atoms with Crippen LogP contribution in [0.25, 0.3) is 11.2 Å². The van der Waals surface area contributed by atoms with Crippen LogP contribution in [0.15, 0.2) is 11.1 Å². The largest absolute Gasteiger partial charge is 0.465 e. The lowest BCUT2D eigenvalue weighted by molar-refractivity contribution is -0.151. The van der Waals surface area contributed by atoms with Crippen molar-refractivity contribution in [1.29, 1.82) is 0 Å². The predicted octanol–water partition coefficient (Wildman–Crippen LogP) is 5.90. The van der Waals surface area contributed by atoms with Crippen molar-refractivity contribution in [2.45, 2.75) is 137 Å². The molecule has 0 aliphatic carbocycles. The lowest BCUT2D eigenvalue weighted by Gasteiger charge is -2.20. The molecule has 0 radical (unpaired) electrons. The number of carbonyl (C=O) groups is 2. The maximum absolute atomic E-state index is 12.8. The Hall–Kier alpha value is -2.95. The standard InChI is InChI=1S/C33H58N6O5/c1-5-6-7-8-9-10-11-12-13-14-15-16-17-18-25(4)31(41)44-22-26(19-20-43-32(42)27(34)24(2)3)21-39-23-36-28-29(39)37-33(35)38-30(28)40/h23-27H,5-22,34H2,1-4H3,(H3,35,37,38,40)/t25?,26-,27+/m1/s1. The van der Waals surface area contributed by atoms with Gasteiger partial charge in [0.15, 0.2) is 11.2 Å². The number of carbonyl (C=O) groups excluding carboxylic acids is 2. The molecule has 0 fully saturated rings. The molecule has 0 saturated heterocycles. The third-order valence-corrected chi connectivity index (χ3v) is 8.31. The van der Waals surface area contributed by atoms with Crippen LogP contribution in [0.3, 0.4) is 0 Å². The number of imidazole rings is 1. The van der Waals surface area contributed by atoms with E-state index in [2.05, 4.69) is 21.9 Å². The van der Waals surface area contributed by atoms with E-state index in [1.165, 1.54) is 77.0 Å². The molecule has 0 aliphatic heterocycles. The van der Waals surface area contributed by atoms with Gasteiger partial charge in [-0.25, -0.2) is 4.98 Å². The number of nitrogens with two attached hydrogens (primary N) is 2. The fourth-order valence-corrected chi connectivity index (χ4v) is 5.23. The van der Waals surface area contributed by atoms with Crippen LogP contribution in [0.1, 0.15) is 124 Å². The fourth-order valence-electron chi connectivity index (χ4n) is 5.23. The molecule has 0 saturated carbocycles. The Morgan fingerprint density at radius 3 is 2.07 bits per heavy atom. The van der Waals surface area contributed by atoms with Gasteiger partial charge in [0.1, 0.15) is 6.04 Å². The summed E-state index contributed by atoms with van der Waals surface area (Å²) in [6.45, 7) is 8.49. The van der Waals surface area contributed by atoms with Crippen molar-refractivity contribution in [3.63, 3.8) is 0 Å².